The van der Waals surface area contributed by atoms with Crippen LogP contribution in [0.5, 0.6) is 0 Å². The third-order valence-corrected chi connectivity index (χ3v) is 11.6. The number of aryl methyl sites for hydroxylation is 3. The molecule has 4 aromatic heterocycles. The Morgan fingerprint density at radius 2 is 1.51 bits per heavy atom. The van der Waals surface area contributed by atoms with Crippen LogP contribution in [0.2, 0.25) is 19.6 Å². The maximum atomic E-state index is 6.35. The average Bonchev–Trinajstić information content (AvgIpc) is 3.46. The molecule has 1 radical (unpaired) electrons. The quantitative estimate of drug-likeness (QED) is 0.123. The van der Waals surface area contributed by atoms with Gasteiger partial charge in [-0.3, -0.25) is 0 Å². The summed E-state index contributed by atoms with van der Waals surface area (Å²) in [7, 11) is -1.34. The number of benzene rings is 3. The molecule has 0 saturated heterocycles. The number of furan rings is 1. The van der Waals surface area contributed by atoms with Crippen molar-refractivity contribution in [2.24, 2.45) is 5.92 Å². The number of pyridine rings is 3. The van der Waals surface area contributed by atoms with Crippen LogP contribution in [-0.2, 0) is 31.9 Å². The first kappa shape index (κ1) is 40.0. The molecule has 0 aliphatic rings. The average molecular weight is 894 g/mol. The van der Waals surface area contributed by atoms with Gasteiger partial charge in [-0.15, -0.1) is 54.1 Å². The van der Waals surface area contributed by atoms with E-state index in [9.17, 15) is 0 Å². The summed E-state index contributed by atoms with van der Waals surface area (Å²) in [5, 5.41) is 3.53. The van der Waals surface area contributed by atoms with E-state index in [1.54, 1.807) is 0 Å². The predicted octanol–water partition coefficient (Wildman–Crippen LogP) is 12.0. The van der Waals surface area contributed by atoms with Crippen LogP contribution in [0.3, 0.4) is 0 Å². The van der Waals surface area contributed by atoms with Crippen molar-refractivity contribution in [2.45, 2.75) is 86.9 Å². The van der Waals surface area contributed by atoms with Crippen molar-refractivity contribution in [1.29, 1.82) is 0 Å². The van der Waals surface area contributed by atoms with Crippen molar-refractivity contribution in [3.05, 3.63) is 131 Å². The topological polar surface area (TPSA) is 51.8 Å². The van der Waals surface area contributed by atoms with E-state index in [4.69, 9.17) is 9.40 Å². The van der Waals surface area contributed by atoms with Crippen LogP contribution in [0.1, 0.15) is 62.4 Å². The van der Waals surface area contributed by atoms with Crippen LogP contribution in [-0.4, -0.2) is 23.0 Å². The molecular formula is C47H51IrN3OSi-2. The maximum absolute atomic E-state index is 6.35. The molecule has 0 aliphatic heterocycles. The smallest absolute Gasteiger partial charge is 0.216 e. The van der Waals surface area contributed by atoms with Crippen LogP contribution in [0.25, 0.3) is 55.8 Å². The molecule has 0 bridgehead atoms. The van der Waals surface area contributed by atoms with Gasteiger partial charge in [-0.25, -0.2) is 4.98 Å². The molecule has 3 aromatic carbocycles. The molecule has 4 nitrogen and oxygen atoms in total. The fraction of sp³-hybridized carbons (Fsp3) is 0.298. The summed E-state index contributed by atoms with van der Waals surface area (Å²) in [6.45, 7) is 24.8. The number of rotatable bonds is 6. The van der Waals surface area contributed by atoms with E-state index in [2.05, 4.69) is 152 Å². The zero-order valence-corrected chi connectivity index (χ0v) is 36.4. The molecule has 275 valence electrons. The van der Waals surface area contributed by atoms with Gasteiger partial charge in [-0.1, -0.05) is 101 Å². The molecule has 0 fully saturated rings. The van der Waals surface area contributed by atoms with Gasteiger partial charge < -0.3 is 14.4 Å². The summed E-state index contributed by atoms with van der Waals surface area (Å²) in [6.07, 6.45) is 5.10. The summed E-state index contributed by atoms with van der Waals surface area (Å²) in [5.41, 5.74) is 13.9. The van der Waals surface area contributed by atoms with Gasteiger partial charge in [0.15, 0.2) is 0 Å². The van der Waals surface area contributed by atoms with Gasteiger partial charge in [0.1, 0.15) is 0 Å². The fourth-order valence-corrected chi connectivity index (χ4v) is 8.64. The fourth-order valence-electron chi connectivity index (χ4n) is 7.05. The molecule has 0 atom stereocenters. The van der Waals surface area contributed by atoms with Gasteiger partial charge in [0.25, 0.3) is 0 Å². The van der Waals surface area contributed by atoms with E-state index in [1.807, 2.05) is 36.5 Å². The Kier molecular flexibility index (Phi) is 12.1. The molecule has 53 heavy (non-hydrogen) atoms. The largest absolute Gasteiger partial charge is 0.486 e. The Morgan fingerprint density at radius 3 is 2.15 bits per heavy atom. The second-order valence-corrected chi connectivity index (χ2v) is 21.6. The van der Waals surface area contributed by atoms with Crippen LogP contribution in [0, 0.1) is 38.8 Å². The monoisotopic (exact) mass is 894 g/mol. The van der Waals surface area contributed by atoms with E-state index >= 15 is 0 Å². The first-order valence-electron chi connectivity index (χ1n) is 18.4. The Balaban J connectivity index is 0.000000223. The van der Waals surface area contributed by atoms with Crippen molar-refractivity contribution in [3.8, 4) is 33.8 Å². The number of hydrogen-bond donors (Lipinski definition) is 0. The van der Waals surface area contributed by atoms with Crippen molar-refractivity contribution < 1.29 is 24.5 Å². The molecule has 0 saturated carbocycles. The third kappa shape index (κ3) is 8.95. The molecule has 7 aromatic rings. The van der Waals surface area contributed by atoms with Crippen molar-refractivity contribution in [1.82, 2.24) is 15.0 Å². The van der Waals surface area contributed by atoms with Gasteiger partial charge in [0.2, 0.25) is 5.71 Å². The van der Waals surface area contributed by atoms with Gasteiger partial charge >= 0.3 is 0 Å². The molecule has 4 heterocycles. The maximum Gasteiger partial charge on any atom is 0.216 e. The summed E-state index contributed by atoms with van der Waals surface area (Å²) in [6, 6.07) is 33.8. The van der Waals surface area contributed by atoms with Crippen molar-refractivity contribution >= 4 is 35.3 Å². The molecule has 7 rings (SSSR count). The number of hydrogen-bond acceptors (Lipinski definition) is 4. The summed E-state index contributed by atoms with van der Waals surface area (Å²) < 4.78 is 6.35. The molecule has 0 amide bonds. The molecule has 0 spiro atoms. The molecular weight excluding hydrogens is 843 g/mol. The van der Waals surface area contributed by atoms with Crippen LogP contribution in [0.15, 0.2) is 95.7 Å². The third-order valence-electron chi connectivity index (χ3n) is 9.52. The minimum Gasteiger partial charge on any atom is -0.486 e. The Bertz CT molecular complexity index is 2340. The second-order valence-electron chi connectivity index (χ2n) is 16.6. The summed E-state index contributed by atoms with van der Waals surface area (Å²) in [4.78, 5) is 14.2. The van der Waals surface area contributed by atoms with Gasteiger partial charge in [0.05, 0.1) is 19.4 Å². The minimum absolute atomic E-state index is 0. The van der Waals surface area contributed by atoms with E-state index in [1.165, 1.54) is 38.6 Å². The second kappa shape index (κ2) is 16.0. The van der Waals surface area contributed by atoms with Gasteiger partial charge in [0, 0.05) is 43.4 Å². The Hall–Kier alpha value is -4.22. The molecule has 0 unspecified atom stereocenters. The van der Waals surface area contributed by atoms with Crippen LogP contribution < -0.4 is 5.19 Å². The number of nitrogens with zero attached hydrogens (tertiary/aromatic N) is 3. The van der Waals surface area contributed by atoms with E-state index in [0.29, 0.717) is 11.6 Å². The predicted molar refractivity (Wildman–Crippen MR) is 222 cm³/mol. The zero-order valence-electron chi connectivity index (χ0n) is 33.0. The standard InChI is InChI=1S/C29H27N2O.C18H24NSi.Ir/c1-17-14-18(2)26(19(3)15-17)24-11-10-22-21-8-7-9-23(27(21)32-28(22)31-24)25-16-20(12-13-30-25)29(4,5)6;1-14(2)11-16-12-17(15-9-7-6-8-10-15)19-13-18(16)20(3,4)5;/h7-8,10-16H,1-6H3;6-9,12-14H,11H2,1-5H3;/q2*-1;. The normalized spacial score (nSPS) is 11.8. The SMILES string of the molecule is CC(C)Cc1cc(-c2[c-]cccc2)ncc1[Si](C)(C)C.Cc1cc(C)c(-c2ccc3c(n2)oc2c(-c4cc(C(C)(C)C)ccn4)[c-]ccc23)c(C)c1.[Ir]. The minimum atomic E-state index is -1.34. The Labute approximate surface area is 330 Å². The molecule has 0 aliphatic carbocycles. The zero-order chi connectivity index (χ0) is 37.4. The number of aromatic nitrogens is 3. The summed E-state index contributed by atoms with van der Waals surface area (Å²) >= 11 is 0. The van der Waals surface area contributed by atoms with Gasteiger partial charge in [-0.2, -0.15) is 0 Å². The van der Waals surface area contributed by atoms with Crippen LogP contribution >= 0.6 is 0 Å². The first-order chi connectivity index (χ1) is 24.6. The van der Waals surface area contributed by atoms with Crippen molar-refractivity contribution in [3.63, 3.8) is 0 Å². The van der Waals surface area contributed by atoms with Crippen LogP contribution in [0.4, 0.5) is 0 Å². The summed E-state index contributed by atoms with van der Waals surface area (Å²) in [5.74, 6) is 0.667. The van der Waals surface area contributed by atoms with E-state index < -0.39 is 8.07 Å². The van der Waals surface area contributed by atoms with E-state index in [0.717, 1.165) is 51.0 Å². The molecule has 6 heteroatoms. The Morgan fingerprint density at radius 1 is 0.774 bits per heavy atom. The van der Waals surface area contributed by atoms with Crippen molar-refractivity contribution in [2.75, 3.05) is 0 Å². The van der Waals surface area contributed by atoms with Gasteiger partial charge in [-0.05, 0) is 90.0 Å². The molecule has 0 N–H and O–H groups in total. The number of fused-ring (bicyclic) bond motifs is 3. The first-order valence-corrected chi connectivity index (χ1v) is 21.9. The van der Waals surface area contributed by atoms with E-state index in [-0.39, 0.29) is 25.5 Å².